The topological polar surface area (TPSA) is 69.0 Å². The molecule has 3 rings (SSSR count). The van der Waals surface area contributed by atoms with Crippen molar-refractivity contribution in [2.24, 2.45) is 0 Å². The van der Waals surface area contributed by atoms with Crippen molar-refractivity contribution in [3.05, 3.63) is 61.3 Å². The molecule has 0 bridgehead atoms. The smallest absolute Gasteiger partial charge is 0.234 e. The number of benzene rings is 2. The number of halogens is 5. The maximum atomic E-state index is 12.4. The molecule has 0 aliphatic heterocycles. The number of thioether (sulfide) groups is 1. The van der Waals surface area contributed by atoms with E-state index in [1.807, 2.05) is 11.5 Å². The van der Waals surface area contributed by atoms with Crippen LogP contribution in [0.1, 0.15) is 19.2 Å². The Bertz CT molecular complexity index is 1140. The first kappa shape index (κ1) is 26.3. The van der Waals surface area contributed by atoms with E-state index in [1.54, 1.807) is 18.2 Å². The van der Waals surface area contributed by atoms with Gasteiger partial charge in [0.25, 0.3) is 0 Å². The highest BCUT2D eigenvalue weighted by Crippen LogP contribution is 2.32. The second-order valence-electron chi connectivity index (χ2n) is 6.75. The number of nitrogens with zero attached hydrogens (tertiary/aromatic N) is 3. The molecule has 0 radical (unpaired) electrons. The number of ether oxygens (including phenoxy) is 1. The second-order valence-corrected chi connectivity index (χ2v) is 9.76. The predicted octanol–water partition coefficient (Wildman–Crippen LogP) is 7.31. The Hall–Kier alpha value is -1.35. The fourth-order valence-corrected chi connectivity index (χ4v) is 4.75. The van der Waals surface area contributed by atoms with Crippen LogP contribution in [0.5, 0.6) is 5.75 Å². The average Bonchev–Trinajstić information content (AvgIpc) is 3.16. The summed E-state index contributed by atoms with van der Waals surface area (Å²) in [6.45, 7) is 3.14. The minimum Gasteiger partial charge on any atom is -0.492 e. The number of amides is 1. The van der Waals surface area contributed by atoms with E-state index in [0.29, 0.717) is 61.3 Å². The zero-order valence-corrected chi connectivity index (χ0v) is 22.0. The molecule has 0 atom stereocenters. The molecule has 0 saturated heterocycles. The fraction of sp³-hybridized carbons (Fsp3) is 0.286. The lowest BCUT2D eigenvalue weighted by Crippen LogP contribution is -2.15. The minimum absolute atomic E-state index is 0.132. The van der Waals surface area contributed by atoms with Gasteiger partial charge in [-0.05, 0) is 43.7 Å². The van der Waals surface area contributed by atoms with Crippen molar-refractivity contribution in [1.82, 2.24) is 14.8 Å². The van der Waals surface area contributed by atoms with Gasteiger partial charge in [0.1, 0.15) is 11.6 Å². The van der Waals surface area contributed by atoms with E-state index in [0.717, 1.165) is 12.2 Å². The number of nitrogens with one attached hydrogen (secondary N) is 1. The van der Waals surface area contributed by atoms with Crippen molar-refractivity contribution in [3.63, 3.8) is 0 Å². The lowest BCUT2D eigenvalue weighted by molar-refractivity contribution is -0.113. The van der Waals surface area contributed by atoms with Crippen LogP contribution in [-0.4, -0.2) is 33.0 Å². The molecule has 2 aromatic carbocycles. The molecule has 176 valence electrons. The molecular weight excluding hydrogens is 550 g/mol. The van der Waals surface area contributed by atoms with Crippen LogP contribution in [-0.2, 0) is 17.8 Å². The Kier molecular flexibility index (Phi) is 9.85. The van der Waals surface area contributed by atoms with E-state index in [1.165, 1.54) is 23.9 Å². The van der Waals surface area contributed by atoms with Crippen molar-refractivity contribution in [1.29, 1.82) is 0 Å². The summed E-state index contributed by atoms with van der Waals surface area (Å²) < 4.78 is 7.69. The van der Waals surface area contributed by atoms with Gasteiger partial charge in [0, 0.05) is 18.0 Å². The Morgan fingerprint density at radius 1 is 1.03 bits per heavy atom. The Morgan fingerprint density at radius 2 is 1.79 bits per heavy atom. The molecular formula is C21H19Cl5N4O2S. The molecule has 3 aromatic rings. The molecule has 1 amide bonds. The average molecular weight is 569 g/mol. The van der Waals surface area contributed by atoms with Gasteiger partial charge in [-0.1, -0.05) is 69.8 Å². The summed E-state index contributed by atoms with van der Waals surface area (Å²) in [5, 5.41) is 13.8. The standard InChI is InChI=1S/C21H19Cl5N4O2S/c1-2-30-19(4-3-7-32-18-6-5-12(22)8-16(18)26)28-29-21(30)33-11-20(31)27-17-10-14(24)13(23)9-15(17)25/h5-6,8-10H,2-4,7,11H2,1H3,(H,27,31). The second kappa shape index (κ2) is 12.4. The Morgan fingerprint density at radius 3 is 2.52 bits per heavy atom. The molecule has 0 spiro atoms. The summed E-state index contributed by atoms with van der Waals surface area (Å²) in [5.41, 5.74) is 0.398. The van der Waals surface area contributed by atoms with Crippen molar-refractivity contribution in [2.45, 2.75) is 31.5 Å². The molecule has 1 aromatic heterocycles. The van der Waals surface area contributed by atoms with E-state index in [-0.39, 0.29) is 11.7 Å². The number of rotatable bonds is 10. The highest BCUT2D eigenvalue weighted by molar-refractivity contribution is 7.99. The predicted molar refractivity (Wildman–Crippen MR) is 137 cm³/mol. The zero-order chi connectivity index (χ0) is 24.0. The van der Waals surface area contributed by atoms with Crippen molar-refractivity contribution < 1.29 is 9.53 Å². The van der Waals surface area contributed by atoms with Gasteiger partial charge in [0.15, 0.2) is 5.16 Å². The Balaban J connectivity index is 1.51. The third kappa shape index (κ3) is 7.31. The van der Waals surface area contributed by atoms with E-state index in [4.69, 9.17) is 62.7 Å². The molecule has 0 fully saturated rings. The van der Waals surface area contributed by atoms with Crippen LogP contribution in [0.25, 0.3) is 0 Å². The summed E-state index contributed by atoms with van der Waals surface area (Å²) in [7, 11) is 0. The third-order valence-corrected chi connectivity index (χ3v) is 6.95. The maximum Gasteiger partial charge on any atom is 0.234 e. The highest BCUT2D eigenvalue weighted by Gasteiger charge is 2.15. The number of carbonyl (C=O) groups is 1. The monoisotopic (exact) mass is 566 g/mol. The molecule has 0 saturated carbocycles. The first-order valence-electron chi connectivity index (χ1n) is 9.85. The zero-order valence-electron chi connectivity index (χ0n) is 17.4. The third-order valence-electron chi connectivity index (χ3n) is 4.42. The minimum atomic E-state index is -0.249. The summed E-state index contributed by atoms with van der Waals surface area (Å²) >= 11 is 31.3. The van der Waals surface area contributed by atoms with Crippen LogP contribution in [0.2, 0.25) is 25.1 Å². The first-order valence-corrected chi connectivity index (χ1v) is 12.7. The van der Waals surface area contributed by atoms with Crippen molar-refractivity contribution >= 4 is 81.4 Å². The van der Waals surface area contributed by atoms with Gasteiger partial charge in [-0.3, -0.25) is 4.79 Å². The van der Waals surface area contributed by atoms with Crippen LogP contribution >= 0.6 is 69.8 Å². The fourth-order valence-electron chi connectivity index (χ4n) is 2.87. The molecule has 1 N–H and O–H groups in total. The van der Waals surface area contributed by atoms with E-state index in [2.05, 4.69) is 15.5 Å². The van der Waals surface area contributed by atoms with Crippen molar-refractivity contribution in [3.8, 4) is 5.75 Å². The highest BCUT2D eigenvalue weighted by atomic mass is 35.5. The van der Waals surface area contributed by atoms with Gasteiger partial charge in [-0.2, -0.15) is 0 Å². The van der Waals surface area contributed by atoms with E-state index >= 15 is 0 Å². The van der Waals surface area contributed by atoms with Gasteiger partial charge < -0.3 is 14.6 Å². The van der Waals surface area contributed by atoms with Gasteiger partial charge in [-0.25, -0.2) is 0 Å². The van der Waals surface area contributed by atoms with Gasteiger partial charge in [0.05, 0.1) is 38.1 Å². The molecule has 33 heavy (non-hydrogen) atoms. The van der Waals surface area contributed by atoms with Gasteiger partial charge in [-0.15, -0.1) is 10.2 Å². The number of aromatic nitrogens is 3. The number of anilines is 1. The lowest BCUT2D eigenvalue weighted by atomic mass is 10.3. The van der Waals surface area contributed by atoms with Crippen LogP contribution < -0.4 is 10.1 Å². The molecule has 0 aliphatic rings. The van der Waals surface area contributed by atoms with Gasteiger partial charge >= 0.3 is 0 Å². The van der Waals surface area contributed by atoms with E-state index < -0.39 is 0 Å². The summed E-state index contributed by atoms with van der Waals surface area (Å²) in [6, 6.07) is 8.11. The molecule has 0 aliphatic carbocycles. The number of hydrogen-bond donors (Lipinski definition) is 1. The Labute approximate surface area is 220 Å². The summed E-state index contributed by atoms with van der Waals surface area (Å²) in [5.74, 6) is 1.29. The van der Waals surface area contributed by atoms with E-state index in [9.17, 15) is 4.79 Å². The molecule has 0 unspecified atom stereocenters. The quantitative estimate of drug-likeness (QED) is 0.158. The first-order chi connectivity index (χ1) is 15.8. The largest absolute Gasteiger partial charge is 0.492 e. The molecule has 6 nitrogen and oxygen atoms in total. The van der Waals surface area contributed by atoms with Crippen LogP contribution in [0.4, 0.5) is 5.69 Å². The van der Waals surface area contributed by atoms with Gasteiger partial charge in [0.2, 0.25) is 5.91 Å². The van der Waals surface area contributed by atoms with Crippen LogP contribution in [0, 0.1) is 0 Å². The maximum absolute atomic E-state index is 12.4. The molecule has 12 heteroatoms. The van der Waals surface area contributed by atoms with Crippen molar-refractivity contribution in [2.75, 3.05) is 17.7 Å². The molecule has 1 heterocycles. The number of hydrogen-bond acceptors (Lipinski definition) is 5. The van der Waals surface area contributed by atoms with Crippen LogP contribution in [0.3, 0.4) is 0 Å². The number of aryl methyl sites for hydroxylation is 1. The van der Waals surface area contributed by atoms with Crippen LogP contribution in [0.15, 0.2) is 35.5 Å². The number of carbonyl (C=O) groups excluding carboxylic acids is 1. The summed E-state index contributed by atoms with van der Waals surface area (Å²) in [6.07, 6.45) is 1.38. The lowest BCUT2D eigenvalue weighted by Gasteiger charge is -2.10. The normalized spacial score (nSPS) is 11.0. The SMILES string of the molecule is CCn1c(CCCOc2ccc(Cl)cc2Cl)nnc1SCC(=O)Nc1cc(Cl)c(Cl)cc1Cl. The summed E-state index contributed by atoms with van der Waals surface area (Å²) in [4.78, 5) is 12.4.